The van der Waals surface area contributed by atoms with Gasteiger partial charge in [-0.15, -0.1) is 0 Å². The number of ether oxygens (including phenoxy) is 1. The van der Waals surface area contributed by atoms with Gasteiger partial charge in [0.25, 0.3) is 0 Å². The summed E-state index contributed by atoms with van der Waals surface area (Å²) in [5.41, 5.74) is 0.312. The fourth-order valence-electron chi connectivity index (χ4n) is 4.79. The molecule has 0 radical (unpaired) electrons. The van der Waals surface area contributed by atoms with E-state index in [0.29, 0.717) is 31.2 Å². The number of methoxy groups -OCH3 is 1. The molecule has 2 heterocycles. The highest BCUT2D eigenvalue weighted by Gasteiger charge is 2.40. The average Bonchev–Trinajstić information content (AvgIpc) is 3.20. The van der Waals surface area contributed by atoms with Gasteiger partial charge in [0, 0.05) is 44.4 Å². The van der Waals surface area contributed by atoms with Crippen LogP contribution in [0.4, 0.5) is 8.78 Å². The van der Waals surface area contributed by atoms with Crippen LogP contribution in [-0.4, -0.2) is 80.3 Å². The van der Waals surface area contributed by atoms with E-state index in [1.54, 1.807) is 7.11 Å². The average molecular weight is 439 g/mol. The van der Waals surface area contributed by atoms with E-state index in [0.717, 1.165) is 57.6 Å². The van der Waals surface area contributed by atoms with Crippen LogP contribution in [0.25, 0.3) is 0 Å². The van der Waals surface area contributed by atoms with Gasteiger partial charge in [-0.05, 0) is 63.5 Å². The lowest BCUT2D eigenvalue weighted by atomic mass is 10.0. The number of amides is 1. The van der Waals surface area contributed by atoms with E-state index in [4.69, 9.17) is 4.74 Å². The zero-order valence-electron chi connectivity index (χ0n) is 18.7. The van der Waals surface area contributed by atoms with Gasteiger partial charge in [-0.3, -0.25) is 9.69 Å². The normalized spacial score (nSPS) is 23.4. The lowest BCUT2D eigenvalue weighted by molar-refractivity contribution is -0.126. The lowest BCUT2D eigenvalue weighted by Gasteiger charge is -2.39. The van der Waals surface area contributed by atoms with E-state index in [9.17, 15) is 13.6 Å². The molecule has 2 saturated heterocycles. The molecule has 2 fully saturated rings. The van der Waals surface area contributed by atoms with E-state index in [1.807, 2.05) is 0 Å². The van der Waals surface area contributed by atoms with Gasteiger partial charge in [0.1, 0.15) is 11.6 Å². The molecule has 0 aromatic heterocycles. The topological polar surface area (TPSA) is 56.8 Å². The number of hydrogen-bond acceptors (Lipinski definition) is 5. The second kappa shape index (κ2) is 11.9. The Morgan fingerprint density at radius 1 is 1.26 bits per heavy atom. The molecule has 1 aromatic rings. The third-order valence-electron chi connectivity index (χ3n) is 6.40. The summed E-state index contributed by atoms with van der Waals surface area (Å²) in [6.45, 7) is 7.38. The van der Waals surface area contributed by atoms with Crippen molar-refractivity contribution in [1.82, 2.24) is 20.4 Å². The van der Waals surface area contributed by atoms with Crippen molar-refractivity contribution in [2.45, 2.75) is 57.3 Å². The molecule has 8 heteroatoms. The molecule has 0 saturated carbocycles. The van der Waals surface area contributed by atoms with Crippen molar-refractivity contribution < 1.29 is 18.3 Å². The number of benzene rings is 1. The molecule has 6 nitrogen and oxygen atoms in total. The number of rotatable bonds is 10. The number of piperidine rings is 1. The summed E-state index contributed by atoms with van der Waals surface area (Å²) in [6.07, 6.45) is 3.91. The molecule has 2 aliphatic rings. The monoisotopic (exact) mass is 438 g/mol. The molecule has 174 valence electrons. The van der Waals surface area contributed by atoms with Crippen molar-refractivity contribution in [3.8, 4) is 0 Å². The molecule has 0 unspecified atom stereocenters. The molecule has 1 aromatic carbocycles. The third kappa shape index (κ3) is 6.68. The summed E-state index contributed by atoms with van der Waals surface area (Å²) < 4.78 is 32.5. The highest BCUT2D eigenvalue weighted by molar-refractivity contribution is 5.82. The number of halogens is 2. The number of nitrogens with one attached hydrogen (secondary N) is 2. The summed E-state index contributed by atoms with van der Waals surface area (Å²) >= 11 is 0. The lowest BCUT2D eigenvalue weighted by Crippen LogP contribution is -2.51. The van der Waals surface area contributed by atoms with Gasteiger partial charge in [-0.2, -0.15) is 0 Å². The first-order valence-electron chi connectivity index (χ1n) is 11.4. The fraction of sp³-hybridized carbons (Fsp3) is 0.696. The second-order valence-corrected chi connectivity index (χ2v) is 8.62. The molecule has 0 spiro atoms. The number of carbonyl (C=O) groups is 1. The highest BCUT2D eigenvalue weighted by Crippen LogP contribution is 2.27. The molecular formula is C23H36F2N4O2. The standard InChI is InChI=1S/C23H36F2N4O2/c1-3-9-28-10-6-20(7-11-28)29-16-19(14-22(29)23(30)26-8-12-31-2)27-15-17-13-18(24)4-5-21(17)25/h4-5,13,19-20,22,27H,3,6-12,14-16H2,1-2H3,(H,26,30)/t19-,22+/m1/s1. The largest absolute Gasteiger partial charge is 0.383 e. The Morgan fingerprint density at radius 2 is 2.03 bits per heavy atom. The van der Waals surface area contributed by atoms with Gasteiger partial charge < -0.3 is 20.3 Å². The summed E-state index contributed by atoms with van der Waals surface area (Å²) in [7, 11) is 1.61. The van der Waals surface area contributed by atoms with Gasteiger partial charge in [-0.1, -0.05) is 6.92 Å². The Balaban J connectivity index is 1.62. The predicted octanol–water partition coefficient (Wildman–Crippen LogP) is 2.13. The molecule has 2 N–H and O–H groups in total. The molecular weight excluding hydrogens is 402 g/mol. The van der Waals surface area contributed by atoms with Crippen LogP contribution in [0.1, 0.15) is 38.2 Å². The van der Waals surface area contributed by atoms with Crippen LogP contribution in [0.3, 0.4) is 0 Å². The van der Waals surface area contributed by atoms with E-state index in [1.165, 1.54) is 6.07 Å². The molecule has 1 amide bonds. The van der Waals surface area contributed by atoms with Crippen molar-refractivity contribution in [2.75, 3.05) is 46.4 Å². The first-order valence-corrected chi connectivity index (χ1v) is 11.4. The first kappa shape index (κ1) is 24.0. The zero-order chi connectivity index (χ0) is 22.2. The maximum Gasteiger partial charge on any atom is 0.237 e. The summed E-state index contributed by atoms with van der Waals surface area (Å²) in [5.74, 6) is -0.837. The third-order valence-corrected chi connectivity index (χ3v) is 6.40. The molecule has 2 atom stereocenters. The molecule has 0 bridgehead atoms. The van der Waals surface area contributed by atoms with Crippen LogP contribution in [0.5, 0.6) is 0 Å². The minimum absolute atomic E-state index is 0.0225. The Kier molecular flexibility index (Phi) is 9.19. The summed E-state index contributed by atoms with van der Waals surface area (Å²) in [6, 6.07) is 3.71. The van der Waals surface area contributed by atoms with Crippen LogP contribution >= 0.6 is 0 Å². The molecule has 0 aliphatic carbocycles. The van der Waals surface area contributed by atoms with E-state index < -0.39 is 11.6 Å². The Morgan fingerprint density at radius 3 is 2.74 bits per heavy atom. The minimum Gasteiger partial charge on any atom is -0.383 e. The number of likely N-dealkylation sites (tertiary alicyclic amines) is 2. The molecule has 2 aliphatic heterocycles. The van der Waals surface area contributed by atoms with E-state index >= 15 is 0 Å². The predicted molar refractivity (Wildman–Crippen MR) is 117 cm³/mol. The van der Waals surface area contributed by atoms with Crippen LogP contribution < -0.4 is 10.6 Å². The van der Waals surface area contributed by atoms with Crippen molar-refractivity contribution in [3.05, 3.63) is 35.4 Å². The minimum atomic E-state index is -0.444. The van der Waals surface area contributed by atoms with E-state index in [-0.39, 0.29) is 24.5 Å². The number of nitrogens with zero attached hydrogens (tertiary/aromatic N) is 2. The van der Waals surface area contributed by atoms with Crippen molar-refractivity contribution in [2.24, 2.45) is 0 Å². The smallest absolute Gasteiger partial charge is 0.237 e. The van der Waals surface area contributed by atoms with Crippen LogP contribution in [-0.2, 0) is 16.1 Å². The number of hydrogen-bond donors (Lipinski definition) is 2. The Bertz CT molecular complexity index is 713. The second-order valence-electron chi connectivity index (χ2n) is 8.62. The highest BCUT2D eigenvalue weighted by atomic mass is 19.1. The number of carbonyl (C=O) groups excluding carboxylic acids is 1. The molecule has 31 heavy (non-hydrogen) atoms. The first-order chi connectivity index (χ1) is 15.0. The summed E-state index contributed by atoms with van der Waals surface area (Å²) in [5, 5.41) is 6.33. The van der Waals surface area contributed by atoms with Crippen LogP contribution in [0.2, 0.25) is 0 Å². The van der Waals surface area contributed by atoms with Crippen LogP contribution in [0.15, 0.2) is 18.2 Å². The Labute approximate surface area is 184 Å². The van der Waals surface area contributed by atoms with Crippen molar-refractivity contribution in [1.29, 1.82) is 0 Å². The molecule has 3 rings (SSSR count). The van der Waals surface area contributed by atoms with Gasteiger partial charge >= 0.3 is 0 Å². The zero-order valence-corrected chi connectivity index (χ0v) is 18.7. The quantitative estimate of drug-likeness (QED) is 0.548. The van der Waals surface area contributed by atoms with Crippen LogP contribution in [0, 0.1) is 11.6 Å². The Hall–Kier alpha value is -1.61. The van der Waals surface area contributed by atoms with Gasteiger partial charge in [0.15, 0.2) is 0 Å². The van der Waals surface area contributed by atoms with Gasteiger partial charge in [0.2, 0.25) is 5.91 Å². The van der Waals surface area contributed by atoms with Crippen molar-refractivity contribution >= 4 is 5.91 Å². The SMILES string of the molecule is CCCN1CCC(N2C[C@H](NCc3cc(F)ccc3F)C[C@H]2C(=O)NCCOC)CC1. The maximum atomic E-state index is 14.0. The van der Waals surface area contributed by atoms with Gasteiger partial charge in [-0.25, -0.2) is 8.78 Å². The van der Waals surface area contributed by atoms with Gasteiger partial charge in [0.05, 0.1) is 12.6 Å². The maximum absolute atomic E-state index is 14.0. The summed E-state index contributed by atoms with van der Waals surface area (Å²) in [4.78, 5) is 17.7. The van der Waals surface area contributed by atoms with E-state index in [2.05, 4.69) is 27.4 Å². The fourth-order valence-corrected chi connectivity index (χ4v) is 4.79. The van der Waals surface area contributed by atoms with Crippen molar-refractivity contribution in [3.63, 3.8) is 0 Å².